The van der Waals surface area contributed by atoms with Gasteiger partial charge in [0.05, 0.1) is 24.3 Å². The smallest absolute Gasteiger partial charge is 0.257 e. The van der Waals surface area contributed by atoms with Crippen molar-refractivity contribution in [2.45, 2.75) is 36.9 Å². The molecule has 0 saturated carbocycles. The average Bonchev–Trinajstić information content (AvgIpc) is 2.52. The molecule has 4 N–H and O–H groups in total. The average molecular weight is 331 g/mol. The molecule has 0 radical (unpaired) electrons. The van der Waals surface area contributed by atoms with Crippen molar-refractivity contribution in [1.29, 1.82) is 0 Å². The summed E-state index contributed by atoms with van der Waals surface area (Å²) >= 11 is 0. The van der Waals surface area contributed by atoms with Gasteiger partial charge in [-0.25, -0.2) is 18.1 Å². The first-order valence-electron chi connectivity index (χ1n) is 6.85. The first-order valence-corrected chi connectivity index (χ1v) is 8.33. The number of nitrogens with one attached hydrogen (secondary N) is 2. The third-order valence-electron chi connectivity index (χ3n) is 3.10. The van der Waals surface area contributed by atoms with Gasteiger partial charge in [-0.15, -0.1) is 0 Å². The molecule has 1 heterocycles. The molecule has 1 amide bonds. The Morgan fingerprint density at radius 3 is 2.55 bits per heavy atom. The van der Waals surface area contributed by atoms with E-state index in [1.54, 1.807) is 0 Å². The highest BCUT2D eigenvalue weighted by atomic mass is 32.2. The van der Waals surface area contributed by atoms with Crippen molar-refractivity contribution in [2.24, 2.45) is 0 Å². The second kappa shape index (κ2) is 8.18. The minimum Gasteiger partial charge on any atom is -0.394 e. The maximum Gasteiger partial charge on any atom is 0.257 e. The molecule has 1 aromatic rings. The van der Waals surface area contributed by atoms with Crippen LogP contribution in [0.25, 0.3) is 0 Å². The number of aliphatic hydroxyl groups excluding tert-OH is 2. The number of amides is 1. The molecule has 0 aliphatic carbocycles. The van der Waals surface area contributed by atoms with E-state index in [2.05, 4.69) is 15.0 Å². The number of nitrogens with zero attached hydrogens (tertiary/aromatic N) is 1. The Hall–Kier alpha value is -1.55. The number of pyridine rings is 1. The van der Waals surface area contributed by atoms with Gasteiger partial charge in [-0.05, 0) is 25.6 Å². The first kappa shape index (κ1) is 18.5. The molecule has 0 aliphatic heterocycles. The van der Waals surface area contributed by atoms with Crippen LogP contribution in [0.4, 0.5) is 0 Å². The van der Waals surface area contributed by atoms with E-state index in [-0.39, 0.29) is 10.6 Å². The minimum atomic E-state index is -3.66. The summed E-state index contributed by atoms with van der Waals surface area (Å²) in [7, 11) is -2.40. The number of hydrogen-bond donors (Lipinski definition) is 4. The van der Waals surface area contributed by atoms with Gasteiger partial charge in [0.15, 0.2) is 5.03 Å². The van der Waals surface area contributed by atoms with E-state index in [0.29, 0.717) is 12.8 Å². The molecular formula is C13H21N3O5S. The van der Waals surface area contributed by atoms with Crippen molar-refractivity contribution in [3.8, 4) is 0 Å². The zero-order chi connectivity index (χ0) is 16.8. The Balaban J connectivity index is 2.81. The van der Waals surface area contributed by atoms with Crippen LogP contribution in [0.3, 0.4) is 0 Å². The summed E-state index contributed by atoms with van der Waals surface area (Å²) < 4.78 is 25.2. The highest BCUT2D eigenvalue weighted by Crippen LogP contribution is 2.08. The topological polar surface area (TPSA) is 129 Å². The van der Waals surface area contributed by atoms with Crippen LogP contribution >= 0.6 is 0 Å². The van der Waals surface area contributed by atoms with Crippen LogP contribution in [0.1, 0.15) is 30.1 Å². The summed E-state index contributed by atoms with van der Waals surface area (Å²) in [5, 5.41) is 21.3. The van der Waals surface area contributed by atoms with E-state index >= 15 is 0 Å². The molecule has 8 nitrogen and oxygen atoms in total. The Morgan fingerprint density at radius 2 is 2.09 bits per heavy atom. The van der Waals surface area contributed by atoms with Gasteiger partial charge >= 0.3 is 0 Å². The lowest BCUT2D eigenvalue weighted by Crippen LogP contribution is -2.45. The van der Waals surface area contributed by atoms with E-state index < -0.39 is 34.7 Å². The van der Waals surface area contributed by atoms with Crippen LogP contribution < -0.4 is 10.0 Å². The molecule has 0 spiro atoms. The summed E-state index contributed by atoms with van der Waals surface area (Å²) in [5.74, 6) is -0.546. The van der Waals surface area contributed by atoms with Crippen molar-refractivity contribution < 1.29 is 23.4 Å². The highest BCUT2D eigenvalue weighted by Gasteiger charge is 2.21. The Morgan fingerprint density at radius 1 is 1.41 bits per heavy atom. The van der Waals surface area contributed by atoms with Crippen LogP contribution in [0.2, 0.25) is 0 Å². The molecule has 1 aromatic heterocycles. The van der Waals surface area contributed by atoms with Crippen LogP contribution in [-0.4, -0.2) is 55.3 Å². The summed E-state index contributed by atoms with van der Waals surface area (Å²) in [6.45, 7) is 1.48. The van der Waals surface area contributed by atoms with Crippen LogP contribution in [-0.2, 0) is 10.0 Å². The molecule has 2 atom stereocenters. The number of hydrogen-bond acceptors (Lipinski definition) is 6. The van der Waals surface area contributed by atoms with Crippen molar-refractivity contribution >= 4 is 15.9 Å². The van der Waals surface area contributed by atoms with Crippen molar-refractivity contribution in [1.82, 2.24) is 15.0 Å². The lowest BCUT2D eigenvalue weighted by atomic mass is 10.1. The van der Waals surface area contributed by atoms with E-state index in [9.17, 15) is 23.4 Å². The zero-order valence-corrected chi connectivity index (χ0v) is 13.3. The molecule has 0 fully saturated rings. The fourth-order valence-electron chi connectivity index (χ4n) is 1.79. The standard InChI is InChI=1S/C13H21N3O5S/c1-3-4-11(18)10(8-17)16-13(19)9-5-6-12(15-7-9)22(20,21)14-2/h5-7,10-11,14,17-18H,3-4,8H2,1-2H3,(H,16,19). The highest BCUT2D eigenvalue weighted by molar-refractivity contribution is 7.89. The maximum atomic E-state index is 12.0. The quantitative estimate of drug-likeness (QED) is 0.496. The second-order valence-corrected chi connectivity index (χ2v) is 6.54. The van der Waals surface area contributed by atoms with Gasteiger partial charge in [-0.2, -0.15) is 0 Å². The van der Waals surface area contributed by atoms with Crippen molar-refractivity contribution in [2.75, 3.05) is 13.7 Å². The van der Waals surface area contributed by atoms with Gasteiger partial charge in [0.25, 0.3) is 15.9 Å². The molecule has 9 heteroatoms. The molecule has 0 aliphatic rings. The van der Waals surface area contributed by atoms with Crippen molar-refractivity contribution in [3.05, 3.63) is 23.9 Å². The minimum absolute atomic E-state index is 0.136. The SMILES string of the molecule is CCCC(O)C(CO)NC(=O)c1ccc(S(=O)(=O)NC)nc1. The van der Waals surface area contributed by atoms with E-state index in [0.717, 1.165) is 6.20 Å². The Kier molecular flexibility index (Phi) is 6.88. The van der Waals surface area contributed by atoms with Gasteiger partial charge in [-0.3, -0.25) is 4.79 Å². The maximum absolute atomic E-state index is 12.0. The molecule has 1 rings (SSSR count). The Labute approximate surface area is 129 Å². The number of sulfonamides is 1. The Bertz CT molecular complexity index is 588. The number of carbonyl (C=O) groups is 1. The lowest BCUT2D eigenvalue weighted by Gasteiger charge is -2.21. The molecule has 2 unspecified atom stereocenters. The molecule has 0 bridgehead atoms. The predicted molar refractivity (Wildman–Crippen MR) is 79.7 cm³/mol. The number of carbonyl (C=O) groups excluding carboxylic acids is 1. The van der Waals surface area contributed by atoms with E-state index in [4.69, 9.17) is 0 Å². The normalized spacial score (nSPS) is 14.4. The lowest BCUT2D eigenvalue weighted by molar-refractivity contribution is 0.0669. The monoisotopic (exact) mass is 331 g/mol. The number of rotatable bonds is 8. The summed E-state index contributed by atoms with van der Waals surface area (Å²) in [4.78, 5) is 15.7. The van der Waals surface area contributed by atoms with Gasteiger partial charge in [-0.1, -0.05) is 13.3 Å². The largest absolute Gasteiger partial charge is 0.394 e. The first-order chi connectivity index (χ1) is 10.4. The van der Waals surface area contributed by atoms with Gasteiger partial charge in [0.1, 0.15) is 0 Å². The van der Waals surface area contributed by atoms with Gasteiger partial charge < -0.3 is 15.5 Å². The third kappa shape index (κ3) is 4.73. The number of aromatic nitrogens is 1. The van der Waals surface area contributed by atoms with Crippen LogP contribution in [0.5, 0.6) is 0 Å². The molecule has 0 saturated heterocycles. The van der Waals surface area contributed by atoms with Crippen molar-refractivity contribution in [3.63, 3.8) is 0 Å². The second-order valence-electron chi connectivity index (χ2n) is 4.71. The zero-order valence-electron chi connectivity index (χ0n) is 12.5. The summed E-state index contributed by atoms with van der Waals surface area (Å²) in [5.41, 5.74) is 0.136. The number of aliphatic hydroxyl groups is 2. The molecule has 22 heavy (non-hydrogen) atoms. The van der Waals surface area contributed by atoms with E-state index in [1.165, 1.54) is 19.2 Å². The fourth-order valence-corrected chi connectivity index (χ4v) is 2.44. The molecular weight excluding hydrogens is 310 g/mol. The third-order valence-corrected chi connectivity index (χ3v) is 4.43. The summed E-state index contributed by atoms with van der Waals surface area (Å²) in [6, 6.07) is 1.73. The summed E-state index contributed by atoms with van der Waals surface area (Å²) in [6.07, 6.45) is 1.44. The fraction of sp³-hybridized carbons (Fsp3) is 0.538. The van der Waals surface area contributed by atoms with Crippen LogP contribution in [0.15, 0.2) is 23.4 Å². The van der Waals surface area contributed by atoms with Gasteiger partial charge in [0.2, 0.25) is 0 Å². The van der Waals surface area contributed by atoms with E-state index in [1.807, 2.05) is 6.92 Å². The predicted octanol–water partition coefficient (Wildman–Crippen LogP) is -0.759. The van der Waals surface area contributed by atoms with Gasteiger partial charge in [0, 0.05) is 6.20 Å². The molecule has 124 valence electrons. The molecule has 0 aromatic carbocycles. The van der Waals surface area contributed by atoms with Crippen LogP contribution in [0, 0.1) is 0 Å².